The Hall–Kier alpha value is -1.48. The molecule has 0 saturated carbocycles. The van der Waals surface area contributed by atoms with Gasteiger partial charge in [-0.25, -0.2) is 0 Å². The van der Waals surface area contributed by atoms with E-state index in [2.05, 4.69) is 15.9 Å². The van der Waals surface area contributed by atoms with E-state index in [0.29, 0.717) is 6.61 Å². The molecule has 0 amide bonds. The maximum atomic E-state index is 5.75. The Kier molecular flexibility index (Phi) is 3.69. The molecule has 3 heteroatoms. The van der Waals surface area contributed by atoms with Crippen LogP contribution in [-0.4, -0.2) is 0 Å². The van der Waals surface area contributed by atoms with Gasteiger partial charge in [0.2, 0.25) is 0 Å². The first kappa shape index (κ1) is 12.0. The number of halogens is 1. The number of nitrogens with two attached hydrogens (primary N) is 1. The van der Waals surface area contributed by atoms with Gasteiger partial charge in [-0.15, -0.1) is 0 Å². The second-order valence-electron chi connectivity index (χ2n) is 3.94. The summed E-state index contributed by atoms with van der Waals surface area (Å²) < 4.78 is 6.82. The summed E-state index contributed by atoms with van der Waals surface area (Å²) in [6.45, 7) is 2.56. The van der Waals surface area contributed by atoms with E-state index in [1.165, 1.54) is 0 Å². The lowest BCUT2D eigenvalue weighted by Crippen LogP contribution is -1.97. The molecule has 2 rings (SSSR count). The van der Waals surface area contributed by atoms with Crippen LogP contribution in [0, 0.1) is 6.92 Å². The fourth-order valence-electron chi connectivity index (χ4n) is 1.58. The number of ether oxygens (including phenoxy) is 1. The van der Waals surface area contributed by atoms with Crippen molar-refractivity contribution in [1.82, 2.24) is 0 Å². The number of nitrogen functional groups attached to an aromatic ring is 1. The Morgan fingerprint density at radius 2 is 1.82 bits per heavy atom. The van der Waals surface area contributed by atoms with Crippen LogP contribution in [0.15, 0.2) is 46.9 Å². The molecule has 0 aliphatic carbocycles. The lowest BCUT2D eigenvalue weighted by molar-refractivity contribution is 0.304. The molecule has 0 atom stereocenters. The summed E-state index contributed by atoms with van der Waals surface area (Å²) in [4.78, 5) is 0. The Labute approximate surface area is 110 Å². The smallest absolute Gasteiger partial charge is 0.122 e. The van der Waals surface area contributed by atoms with Crippen LogP contribution in [0.5, 0.6) is 5.75 Å². The fourth-order valence-corrected chi connectivity index (χ4v) is 1.84. The van der Waals surface area contributed by atoms with Crippen molar-refractivity contribution in [1.29, 1.82) is 0 Å². The first-order valence-electron chi connectivity index (χ1n) is 5.38. The van der Waals surface area contributed by atoms with Gasteiger partial charge in [-0.2, -0.15) is 0 Å². The van der Waals surface area contributed by atoms with Crippen molar-refractivity contribution in [2.24, 2.45) is 0 Å². The Morgan fingerprint density at radius 1 is 1.12 bits per heavy atom. The lowest BCUT2D eigenvalue weighted by Gasteiger charge is -2.09. The van der Waals surface area contributed by atoms with Gasteiger partial charge >= 0.3 is 0 Å². The molecule has 0 heterocycles. The van der Waals surface area contributed by atoms with E-state index in [1.807, 2.05) is 49.4 Å². The molecule has 0 radical (unpaired) electrons. The minimum atomic E-state index is 0.567. The van der Waals surface area contributed by atoms with Crippen LogP contribution < -0.4 is 10.5 Å². The van der Waals surface area contributed by atoms with Crippen LogP contribution in [0.25, 0.3) is 0 Å². The molecular formula is C14H14BrNO. The molecule has 17 heavy (non-hydrogen) atoms. The summed E-state index contributed by atoms with van der Waals surface area (Å²) in [5, 5.41) is 0. The molecule has 2 nitrogen and oxygen atoms in total. The summed E-state index contributed by atoms with van der Waals surface area (Å²) in [6.07, 6.45) is 0. The highest BCUT2D eigenvalue weighted by Crippen LogP contribution is 2.21. The number of hydrogen-bond donors (Lipinski definition) is 1. The zero-order valence-electron chi connectivity index (χ0n) is 9.61. The van der Waals surface area contributed by atoms with Gasteiger partial charge in [0.15, 0.2) is 0 Å². The van der Waals surface area contributed by atoms with Gasteiger partial charge < -0.3 is 10.5 Å². The summed E-state index contributed by atoms with van der Waals surface area (Å²) in [7, 11) is 0. The maximum Gasteiger partial charge on any atom is 0.122 e. The van der Waals surface area contributed by atoms with Crippen molar-refractivity contribution in [3.05, 3.63) is 58.1 Å². The molecule has 0 aliphatic rings. The largest absolute Gasteiger partial charge is 0.489 e. The third-order valence-electron chi connectivity index (χ3n) is 2.51. The third-order valence-corrected chi connectivity index (χ3v) is 3.04. The quantitative estimate of drug-likeness (QED) is 0.870. The number of rotatable bonds is 3. The van der Waals surface area contributed by atoms with Crippen molar-refractivity contribution in [3.63, 3.8) is 0 Å². The molecule has 0 aromatic heterocycles. The van der Waals surface area contributed by atoms with Crippen LogP contribution in [-0.2, 0) is 6.61 Å². The van der Waals surface area contributed by atoms with Crippen LogP contribution in [0.4, 0.5) is 5.69 Å². The normalized spacial score (nSPS) is 10.2. The predicted molar refractivity (Wildman–Crippen MR) is 74.1 cm³/mol. The summed E-state index contributed by atoms with van der Waals surface area (Å²) in [6, 6.07) is 13.8. The molecule has 0 fully saturated rings. The molecular weight excluding hydrogens is 278 g/mol. The first-order chi connectivity index (χ1) is 8.15. The van der Waals surface area contributed by atoms with Crippen molar-refractivity contribution >= 4 is 21.6 Å². The highest BCUT2D eigenvalue weighted by atomic mass is 79.9. The van der Waals surface area contributed by atoms with Crippen molar-refractivity contribution in [2.75, 3.05) is 5.73 Å². The molecule has 2 N–H and O–H groups in total. The van der Waals surface area contributed by atoms with Crippen LogP contribution in [0.2, 0.25) is 0 Å². The minimum absolute atomic E-state index is 0.567. The van der Waals surface area contributed by atoms with E-state index in [9.17, 15) is 0 Å². The highest BCUT2D eigenvalue weighted by Gasteiger charge is 2.00. The van der Waals surface area contributed by atoms with Gasteiger partial charge in [-0.1, -0.05) is 28.1 Å². The standard InChI is InChI=1S/C14H14BrNO/c1-10-8-13(16)6-7-14(10)17-9-11-2-4-12(15)5-3-11/h2-8H,9,16H2,1H3. The second kappa shape index (κ2) is 5.23. The molecule has 0 unspecified atom stereocenters. The molecule has 2 aromatic carbocycles. The molecule has 88 valence electrons. The molecule has 0 bridgehead atoms. The Bertz CT molecular complexity index is 508. The van der Waals surface area contributed by atoms with E-state index in [0.717, 1.165) is 27.0 Å². The lowest BCUT2D eigenvalue weighted by atomic mass is 10.2. The number of hydrogen-bond acceptors (Lipinski definition) is 2. The van der Waals surface area contributed by atoms with Crippen LogP contribution >= 0.6 is 15.9 Å². The second-order valence-corrected chi connectivity index (χ2v) is 4.86. The van der Waals surface area contributed by atoms with Gasteiger partial charge in [-0.05, 0) is 48.4 Å². The van der Waals surface area contributed by atoms with Gasteiger partial charge in [0, 0.05) is 10.2 Å². The number of aryl methyl sites for hydroxylation is 1. The number of benzene rings is 2. The molecule has 2 aromatic rings. The van der Waals surface area contributed by atoms with Gasteiger partial charge in [0.1, 0.15) is 12.4 Å². The maximum absolute atomic E-state index is 5.75. The third kappa shape index (κ3) is 3.24. The van der Waals surface area contributed by atoms with Crippen molar-refractivity contribution in [3.8, 4) is 5.75 Å². The average molecular weight is 292 g/mol. The highest BCUT2D eigenvalue weighted by molar-refractivity contribution is 9.10. The van der Waals surface area contributed by atoms with Gasteiger partial charge in [0.25, 0.3) is 0 Å². The first-order valence-corrected chi connectivity index (χ1v) is 6.18. The fraction of sp³-hybridized carbons (Fsp3) is 0.143. The number of anilines is 1. The monoisotopic (exact) mass is 291 g/mol. The van der Waals surface area contributed by atoms with E-state index >= 15 is 0 Å². The van der Waals surface area contributed by atoms with E-state index in [1.54, 1.807) is 0 Å². The van der Waals surface area contributed by atoms with Gasteiger partial charge in [-0.3, -0.25) is 0 Å². The van der Waals surface area contributed by atoms with Crippen molar-refractivity contribution < 1.29 is 4.74 Å². The average Bonchev–Trinajstić information content (AvgIpc) is 2.30. The molecule has 0 aliphatic heterocycles. The predicted octanol–water partition coefficient (Wildman–Crippen LogP) is 3.92. The van der Waals surface area contributed by atoms with E-state index in [4.69, 9.17) is 10.5 Å². The zero-order chi connectivity index (χ0) is 12.3. The van der Waals surface area contributed by atoms with Gasteiger partial charge in [0.05, 0.1) is 0 Å². The zero-order valence-corrected chi connectivity index (χ0v) is 11.2. The van der Waals surface area contributed by atoms with Crippen molar-refractivity contribution in [2.45, 2.75) is 13.5 Å². The minimum Gasteiger partial charge on any atom is -0.489 e. The molecule has 0 spiro atoms. The SMILES string of the molecule is Cc1cc(N)ccc1OCc1ccc(Br)cc1. The summed E-state index contributed by atoms with van der Waals surface area (Å²) >= 11 is 3.41. The topological polar surface area (TPSA) is 35.2 Å². The Morgan fingerprint density at radius 3 is 2.47 bits per heavy atom. The Balaban J connectivity index is 2.04. The molecule has 0 saturated heterocycles. The van der Waals surface area contributed by atoms with E-state index < -0.39 is 0 Å². The summed E-state index contributed by atoms with van der Waals surface area (Å²) in [5.74, 6) is 0.877. The summed E-state index contributed by atoms with van der Waals surface area (Å²) in [5.41, 5.74) is 8.65. The van der Waals surface area contributed by atoms with Crippen LogP contribution in [0.1, 0.15) is 11.1 Å². The van der Waals surface area contributed by atoms with E-state index in [-0.39, 0.29) is 0 Å². The van der Waals surface area contributed by atoms with Crippen LogP contribution in [0.3, 0.4) is 0 Å².